The lowest BCUT2D eigenvalue weighted by atomic mass is 10.3. The highest BCUT2D eigenvalue weighted by Gasteiger charge is 2.10. The zero-order valence-electron chi connectivity index (χ0n) is 9.34. The second kappa shape index (κ2) is 5.30. The molecule has 0 aliphatic heterocycles. The Balaban J connectivity index is 2.43. The summed E-state index contributed by atoms with van der Waals surface area (Å²) in [6, 6.07) is 5.43. The Labute approximate surface area is 123 Å². The first-order valence-electron chi connectivity index (χ1n) is 4.99. The quantitative estimate of drug-likeness (QED) is 0.800. The first kappa shape index (κ1) is 13.4. The number of benzene rings is 1. The normalized spacial score (nSPS) is 10.4. The molecule has 0 unspecified atom stereocenters. The molecule has 0 spiro atoms. The van der Waals surface area contributed by atoms with Crippen LogP contribution in [0.4, 0.5) is 17.2 Å². The Bertz CT molecular complexity index is 604. The summed E-state index contributed by atoms with van der Waals surface area (Å²) in [5.41, 5.74) is 7.63. The molecule has 3 N–H and O–H groups in total. The molecule has 0 radical (unpaired) electrons. The van der Waals surface area contributed by atoms with Crippen molar-refractivity contribution in [1.82, 2.24) is 9.97 Å². The molecule has 1 aromatic heterocycles. The standard InChI is InChI=1S/C11H9BrCl2N4/c1-5-9(15)10(18-11(14)16-5)17-8-4-6(12)2-3-7(8)13/h2-4H,15H2,1H3,(H,16,17,18). The van der Waals surface area contributed by atoms with Gasteiger partial charge in [0.05, 0.1) is 22.1 Å². The largest absolute Gasteiger partial charge is 0.394 e. The summed E-state index contributed by atoms with van der Waals surface area (Å²) in [4.78, 5) is 8.01. The summed E-state index contributed by atoms with van der Waals surface area (Å²) in [5, 5.41) is 3.74. The molecule has 0 aliphatic rings. The van der Waals surface area contributed by atoms with E-state index >= 15 is 0 Å². The Morgan fingerprint density at radius 1 is 1.28 bits per heavy atom. The topological polar surface area (TPSA) is 63.8 Å². The van der Waals surface area contributed by atoms with Crippen LogP contribution >= 0.6 is 39.1 Å². The number of hydrogen-bond donors (Lipinski definition) is 2. The molecule has 4 nitrogen and oxygen atoms in total. The molecular weight excluding hydrogens is 339 g/mol. The van der Waals surface area contributed by atoms with Gasteiger partial charge in [-0.2, -0.15) is 4.98 Å². The number of rotatable bonds is 2. The number of anilines is 3. The third kappa shape index (κ3) is 2.85. The van der Waals surface area contributed by atoms with Crippen LogP contribution in [0, 0.1) is 6.92 Å². The maximum Gasteiger partial charge on any atom is 0.224 e. The van der Waals surface area contributed by atoms with Crippen molar-refractivity contribution in [3.8, 4) is 0 Å². The predicted molar refractivity (Wildman–Crippen MR) is 78.6 cm³/mol. The van der Waals surface area contributed by atoms with Crippen molar-refractivity contribution in [2.75, 3.05) is 11.1 Å². The van der Waals surface area contributed by atoms with Crippen LogP contribution < -0.4 is 11.1 Å². The molecular formula is C11H9BrCl2N4. The van der Waals surface area contributed by atoms with E-state index in [4.69, 9.17) is 28.9 Å². The lowest BCUT2D eigenvalue weighted by Gasteiger charge is -2.11. The van der Waals surface area contributed by atoms with Crippen LogP contribution in [0.15, 0.2) is 22.7 Å². The zero-order valence-corrected chi connectivity index (χ0v) is 12.4. The Morgan fingerprint density at radius 3 is 2.72 bits per heavy atom. The average molecular weight is 348 g/mol. The Morgan fingerprint density at radius 2 is 2.00 bits per heavy atom. The lowest BCUT2D eigenvalue weighted by molar-refractivity contribution is 1.11. The molecule has 0 aliphatic carbocycles. The van der Waals surface area contributed by atoms with E-state index in [0.29, 0.717) is 27.9 Å². The van der Waals surface area contributed by atoms with Crippen molar-refractivity contribution in [2.24, 2.45) is 0 Å². The van der Waals surface area contributed by atoms with Gasteiger partial charge in [0.1, 0.15) is 0 Å². The number of nitrogens with zero attached hydrogens (tertiary/aromatic N) is 2. The predicted octanol–water partition coefficient (Wildman–Crippen LogP) is 4.18. The van der Waals surface area contributed by atoms with E-state index in [2.05, 4.69) is 31.2 Å². The van der Waals surface area contributed by atoms with E-state index in [-0.39, 0.29) is 5.28 Å². The number of nitrogens with one attached hydrogen (secondary N) is 1. The molecule has 94 valence electrons. The Kier molecular flexibility index (Phi) is 3.94. The molecule has 0 bridgehead atoms. The van der Waals surface area contributed by atoms with Crippen molar-refractivity contribution < 1.29 is 0 Å². The molecule has 2 aromatic rings. The van der Waals surface area contributed by atoms with Gasteiger partial charge in [0.2, 0.25) is 5.28 Å². The number of nitrogens with two attached hydrogens (primary N) is 1. The number of aryl methyl sites for hydroxylation is 1. The minimum atomic E-state index is 0.135. The summed E-state index contributed by atoms with van der Waals surface area (Å²) in [7, 11) is 0. The van der Waals surface area contributed by atoms with E-state index < -0.39 is 0 Å². The second-order valence-electron chi connectivity index (χ2n) is 3.59. The fourth-order valence-electron chi connectivity index (χ4n) is 1.36. The van der Waals surface area contributed by atoms with Gasteiger partial charge in [-0.25, -0.2) is 4.98 Å². The van der Waals surface area contributed by atoms with Crippen LogP contribution in [-0.2, 0) is 0 Å². The molecule has 2 rings (SSSR count). The van der Waals surface area contributed by atoms with E-state index in [1.807, 2.05) is 12.1 Å². The van der Waals surface area contributed by atoms with Gasteiger partial charge in [0.15, 0.2) is 5.82 Å². The summed E-state index contributed by atoms with van der Waals surface area (Å²) in [6.45, 7) is 1.76. The van der Waals surface area contributed by atoms with Gasteiger partial charge in [-0.05, 0) is 36.7 Å². The first-order chi connectivity index (χ1) is 8.47. The Hall–Kier alpha value is -1.04. The monoisotopic (exact) mass is 346 g/mol. The van der Waals surface area contributed by atoms with Crippen molar-refractivity contribution in [3.05, 3.63) is 38.7 Å². The first-order valence-corrected chi connectivity index (χ1v) is 6.54. The fourth-order valence-corrected chi connectivity index (χ4v) is 2.10. The summed E-state index contributed by atoms with van der Waals surface area (Å²) in [5.74, 6) is 0.438. The molecule has 7 heteroatoms. The third-order valence-corrected chi connectivity index (χ3v) is 3.28. The molecule has 0 saturated carbocycles. The van der Waals surface area contributed by atoms with Gasteiger partial charge in [0.25, 0.3) is 0 Å². The smallest absolute Gasteiger partial charge is 0.224 e. The summed E-state index contributed by atoms with van der Waals surface area (Å²) < 4.78 is 0.893. The maximum absolute atomic E-state index is 6.08. The van der Waals surface area contributed by atoms with Crippen molar-refractivity contribution in [3.63, 3.8) is 0 Å². The third-order valence-electron chi connectivity index (χ3n) is 2.29. The van der Waals surface area contributed by atoms with Gasteiger partial charge in [-0.15, -0.1) is 0 Å². The van der Waals surface area contributed by atoms with E-state index in [1.54, 1.807) is 13.0 Å². The molecule has 1 aromatic carbocycles. The molecule has 18 heavy (non-hydrogen) atoms. The highest BCUT2D eigenvalue weighted by atomic mass is 79.9. The number of hydrogen-bond acceptors (Lipinski definition) is 4. The molecule has 0 saturated heterocycles. The molecule has 0 amide bonds. The fraction of sp³-hybridized carbons (Fsp3) is 0.0909. The van der Waals surface area contributed by atoms with Gasteiger partial charge < -0.3 is 11.1 Å². The summed E-state index contributed by atoms with van der Waals surface area (Å²) in [6.07, 6.45) is 0. The van der Waals surface area contributed by atoms with Gasteiger partial charge in [0, 0.05) is 4.47 Å². The van der Waals surface area contributed by atoms with Crippen LogP contribution in [-0.4, -0.2) is 9.97 Å². The van der Waals surface area contributed by atoms with Crippen LogP contribution in [0.5, 0.6) is 0 Å². The number of aromatic nitrogens is 2. The van der Waals surface area contributed by atoms with E-state index in [1.165, 1.54) is 0 Å². The minimum absolute atomic E-state index is 0.135. The number of halogens is 3. The minimum Gasteiger partial charge on any atom is -0.394 e. The van der Waals surface area contributed by atoms with Crippen LogP contribution in [0.3, 0.4) is 0 Å². The maximum atomic E-state index is 6.08. The van der Waals surface area contributed by atoms with Crippen molar-refractivity contribution in [2.45, 2.75) is 6.92 Å². The van der Waals surface area contributed by atoms with Gasteiger partial charge in [-0.1, -0.05) is 27.5 Å². The van der Waals surface area contributed by atoms with Crippen molar-refractivity contribution >= 4 is 56.3 Å². The van der Waals surface area contributed by atoms with Crippen molar-refractivity contribution in [1.29, 1.82) is 0 Å². The zero-order chi connectivity index (χ0) is 13.3. The lowest BCUT2D eigenvalue weighted by Crippen LogP contribution is -2.04. The highest BCUT2D eigenvalue weighted by Crippen LogP contribution is 2.31. The molecule has 0 fully saturated rings. The number of nitrogen functional groups attached to an aromatic ring is 1. The van der Waals surface area contributed by atoms with Gasteiger partial charge in [-0.3, -0.25) is 0 Å². The summed E-state index contributed by atoms with van der Waals surface area (Å²) >= 11 is 15.2. The molecule has 0 atom stereocenters. The second-order valence-corrected chi connectivity index (χ2v) is 5.25. The SMILES string of the molecule is Cc1nc(Cl)nc(Nc2cc(Br)ccc2Cl)c1N. The average Bonchev–Trinajstić information content (AvgIpc) is 2.30. The van der Waals surface area contributed by atoms with E-state index in [9.17, 15) is 0 Å². The van der Waals surface area contributed by atoms with Crippen LogP contribution in [0.25, 0.3) is 0 Å². The highest BCUT2D eigenvalue weighted by molar-refractivity contribution is 9.10. The van der Waals surface area contributed by atoms with Crippen LogP contribution in [0.2, 0.25) is 10.3 Å². The van der Waals surface area contributed by atoms with Gasteiger partial charge >= 0.3 is 0 Å². The van der Waals surface area contributed by atoms with Crippen LogP contribution in [0.1, 0.15) is 5.69 Å². The molecule has 1 heterocycles. The van der Waals surface area contributed by atoms with E-state index in [0.717, 1.165) is 4.47 Å².